The number of nitrogens with zero attached hydrogens (tertiary/aromatic N) is 1. The summed E-state index contributed by atoms with van der Waals surface area (Å²) in [5.74, 6) is 2.69. The van der Waals surface area contributed by atoms with Gasteiger partial charge in [-0.25, -0.2) is 0 Å². The van der Waals surface area contributed by atoms with Gasteiger partial charge < -0.3 is 19.7 Å². The molecule has 228 valence electrons. The molecule has 2 amide bonds. The predicted molar refractivity (Wildman–Crippen MR) is 173 cm³/mol. The highest BCUT2D eigenvalue weighted by Crippen LogP contribution is 2.40. The standard InChI is InChI=1S/C38H42N2O4/c1-26-21-36(44-35-19-18-32(43-2)24-34(26)35)38(42)39-31(22-27-9-4-3-5-10-27)23-28-14-16-29(17-15-28)33-12-7-6-11-30(33)25-40-20-8-13-37(40)41/h3-7,9-12,18-19,21,24,28-29,31H,1,8,13-17,20,22-23,25H2,2H3,(H,39,42)/t28?,29?,31-/m1/s1. The van der Waals surface area contributed by atoms with E-state index in [0.717, 1.165) is 74.9 Å². The number of benzene rings is 3. The van der Waals surface area contributed by atoms with Crippen molar-refractivity contribution in [2.24, 2.45) is 5.92 Å². The van der Waals surface area contributed by atoms with Gasteiger partial charge in [0.15, 0.2) is 5.76 Å². The van der Waals surface area contributed by atoms with E-state index in [1.807, 2.05) is 29.2 Å². The largest absolute Gasteiger partial charge is 0.497 e. The Kier molecular flexibility index (Phi) is 9.15. The van der Waals surface area contributed by atoms with Crippen LogP contribution in [-0.2, 0) is 22.6 Å². The Labute approximate surface area is 260 Å². The molecule has 2 aliphatic heterocycles. The molecule has 0 aromatic heterocycles. The van der Waals surface area contributed by atoms with Crippen molar-refractivity contribution in [3.63, 3.8) is 0 Å². The Morgan fingerprint density at radius 2 is 1.82 bits per heavy atom. The number of carbonyl (C=O) groups excluding carboxylic acids is 2. The molecule has 3 aromatic rings. The average Bonchev–Trinajstić information content (AvgIpc) is 3.45. The van der Waals surface area contributed by atoms with Gasteiger partial charge in [-0.15, -0.1) is 0 Å². The Balaban J connectivity index is 1.11. The van der Waals surface area contributed by atoms with Gasteiger partial charge in [0.2, 0.25) is 5.91 Å². The number of carbonyl (C=O) groups is 2. The van der Waals surface area contributed by atoms with Crippen LogP contribution in [0, 0.1) is 5.92 Å². The van der Waals surface area contributed by atoms with Crippen molar-refractivity contribution >= 4 is 17.4 Å². The maximum absolute atomic E-state index is 13.6. The van der Waals surface area contributed by atoms with Crippen LogP contribution in [0.5, 0.6) is 11.5 Å². The van der Waals surface area contributed by atoms with E-state index in [-0.39, 0.29) is 23.6 Å². The minimum atomic E-state index is -0.215. The zero-order valence-corrected chi connectivity index (χ0v) is 25.6. The minimum absolute atomic E-state index is 0.0186. The van der Waals surface area contributed by atoms with E-state index in [0.29, 0.717) is 24.0 Å². The molecule has 3 aliphatic rings. The number of ether oxygens (including phenoxy) is 2. The molecule has 6 nitrogen and oxygen atoms in total. The Morgan fingerprint density at radius 3 is 2.57 bits per heavy atom. The van der Waals surface area contributed by atoms with Crippen LogP contribution in [0.15, 0.2) is 91.2 Å². The molecule has 0 radical (unpaired) electrons. The van der Waals surface area contributed by atoms with Crippen molar-refractivity contribution in [2.45, 2.75) is 69.9 Å². The molecule has 1 atom stereocenters. The second-order valence-electron chi connectivity index (χ2n) is 12.4. The zero-order chi connectivity index (χ0) is 30.5. The molecule has 1 saturated heterocycles. The number of allylic oxidation sites excluding steroid dienone is 2. The maximum Gasteiger partial charge on any atom is 0.287 e. The molecule has 0 unspecified atom stereocenters. The quantitative estimate of drug-likeness (QED) is 0.271. The van der Waals surface area contributed by atoms with Crippen LogP contribution in [0.2, 0.25) is 0 Å². The number of likely N-dealkylation sites (tertiary alicyclic amines) is 1. The lowest BCUT2D eigenvalue weighted by Crippen LogP contribution is -2.40. The van der Waals surface area contributed by atoms with Gasteiger partial charge >= 0.3 is 0 Å². The van der Waals surface area contributed by atoms with Gasteiger partial charge in [0.1, 0.15) is 11.5 Å². The summed E-state index contributed by atoms with van der Waals surface area (Å²) in [5, 5.41) is 3.32. The molecule has 1 saturated carbocycles. The molecule has 1 N–H and O–H groups in total. The number of nitrogens with one attached hydrogen (secondary N) is 1. The lowest BCUT2D eigenvalue weighted by atomic mass is 9.75. The fraction of sp³-hybridized carbons (Fsp3) is 0.368. The van der Waals surface area contributed by atoms with Gasteiger partial charge in [-0.3, -0.25) is 9.59 Å². The Hall–Kier alpha value is -4.32. The van der Waals surface area contributed by atoms with Gasteiger partial charge in [-0.1, -0.05) is 61.2 Å². The summed E-state index contributed by atoms with van der Waals surface area (Å²) in [6, 6.07) is 24.6. The van der Waals surface area contributed by atoms with Crippen molar-refractivity contribution in [3.05, 3.63) is 113 Å². The van der Waals surface area contributed by atoms with E-state index < -0.39 is 0 Å². The van der Waals surface area contributed by atoms with E-state index >= 15 is 0 Å². The third-order valence-corrected chi connectivity index (χ3v) is 9.43. The maximum atomic E-state index is 13.6. The van der Waals surface area contributed by atoms with Gasteiger partial charge in [0, 0.05) is 31.1 Å². The van der Waals surface area contributed by atoms with E-state index in [4.69, 9.17) is 9.47 Å². The molecule has 6 rings (SSSR count). The van der Waals surface area contributed by atoms with Gasteiger partial charge in [0.25, 0.3) is 5.91 Å². The molecule has 2 fully saturated rings. The number of hydrogen-bond donors (Lipinski definition) is 1. The summed E-state index contributed by atoms with van der Waals surface area (Å²) < 4.78 is 11.4. The predicted octanol–water partition coefficient (Wildman–Crippen LogP) is 7.20. The normalized spacial score (nSPS) is 20.4. The highest BCUT2D eigenvalue weighted by molar-refractivity contribution is 5.97. The first kappa shape index (κ1) is 29.7. The van der Waals surface area contributed by atoms with Gasteiger partial charge in [-0.05, 0) is 103 Å². The monoisotopic (exact) mass is 590 g/mol. The van der Waals surface area contributed by atoms with Crippen LogP contribution in [0.25, 0.3) is 5.57 Å². The van der Waals surface area contributed by atoms with E-state index in [1.165, 1.54) is 16.7 Å². The molecular formula is C38H42N2O4. The summed E-state index contributed by atoms with van der Waals surface area (Å²) in [7, 11) is 1.62. The van der Waals surface area contributed by atoms with Crippen LogP contribution in [0.3, 0.4) is 0 Å². The second-order valence-corrected chi connectivity index (χ2v) is 12.4. The molecule has 6 heteroatoms. The second kappa shape index (κ2) is 13.5. The third kappa shape index (κ3) is 6.91. The summed E-state index contributed by atoms with van der Waals surface area (Å²) in [6.07, 6.45) is 9.52. The molecule has 2 heterocycles. The van der Waals surface area contributed by atoms with Crippen molar-refractivity contribution in [1.82, 2.24) is 10.2 Å². The van der Waals surface area contributed by atoms with Crippen LogP contribution >= 0.6 is 0 Å². The summed E-state index contributed by atoms with van der Waals surface area (Å²) in [4.78, 5) is 27.9. The Morgan fingerprint density at radius 1 is 1.05 bits per heavy atom. The van der Waals surface area contributed by atoms with E-state index in [2.05, 4.69) is 60.4 Å². The Bertz CT molecular complexity index is 1540. The first-order valence-corrected chi connectivity index (χ1v) is 15.9. The highest BCUT2D eigenvalue weighted by atomic mass is 16.5. The van der Waals surface area contributed by atoms with Crippen molar-refractivity contribution in [3.8, 4) is 11.5 Å². The molecular weight excluding hydrogens is 548 g/mol. The molecule has 0 bridgehead atoms. The van der Waals surface area contributed by atoms with Gasteiger partial charge in [0.05, 0.1) is 7.11 Å². The molecule has 1 aliphatic carbocycles. The van der Waals surface area contributed by atoms with Crippen LogP contribution in [0.4, 0.5) is 0 Å². The fourth-order valence-electron chi connectivity index (χ4n) is 7.09. The lowest BCUT2D eigenvalue weighted by Gasteiger charge is -2.33. The zero-order valence-electron chi connectivity index (χ0n) is 25.6. The number of fused-ring (bicyclic) bond motifs is 1. The van der Waals surface area contributed by atoms with Crippen LogP contribution in [-0.4, -0.2) is 36.4 Å². The summed E-state index contributed by atoms with van der Waals surface area (Å²) in [5.41, 5.74) is 5.45. The van der Waals surface area contributed by atoms with E-state index in [1.54, 1.807) is 13.2 Å². The van der Waals surface area contributed by atoms with Crippen LogP contribution < -0.4 is 14.8 Å². The van der Waals surface area contributed by atoms with Crippen molar-refractivity contribution < 1.29 is 19.1 Å². The SMILES string of the molecule is C=C1C=C(C(=O)N[C@H](Cc2ccccc2)CC2CCC(c3ccccc3CN3CCCC3=O)CC2)Oc2ccc(OC)cc21. The smallest absolute Gasteiger partial charge is 0.287 e. The number of rotatable bonds is 10. The van der Waals surface area contributed by atoms with E-state index in [9.17, 15) is 9.59 Å². The summed E-state index contributed by atoms with van der Waals surface area (Å²) >= 11 is 0. The molecule has 3 aromatic carbocycles. The fourth-order valence-corrected chi connectivity index (χ4v) is 7.09. The molecule has 0 spiro atoms. The van der Waals surface area contributed by atoms with Crippen LogP contribution in [0.1, 0.15) is 73.1 Å². The van der Waals surface area contributed by atoms with Gasteiger partial charge in [-0.2, -0.15) is 0 Å². The minimum Gasteiger partial charge on any atom is -0.497 e. The number of methoxy groups -OCH3 is 1. The third-order valence-electron chi connectivity index (χ3n) is 9.43. The first-order valence-electron chi connectivity index (χ1n) is 15.9. The molecule has 44 heavy (non-hydrogen) atoms. The average molecular weight is 591 g/mol. The van der Waals surface area contributed by atoms with Crippen molar-refractivity contribution in [1.29, 1.82) is 0 Å². The topological polar surface area (TPSA) is 67.9 Å². The lowest BCUT2D eigenvalue weighted by molar-refractivity contribution is -0.128. The first-order chi connectivity index (χ1) is 21.5. The highest BCUT2D eigenvalue weighted by Gasteiger charge is 2.29. The number of amides is 2. The van der Waals surface area contributed by atoms with Crippen molar-refractivity contribution in [2.75, 3.05) is 13.7 Å². The number of hydrogen-bond acceptors (Lipinski definition) is 4. The summed E-state index contributed by atoms with van der Waals surface area (Å²) in [6.45, 7) is 5.75.